The normalized spacial score (nSPS) is 17.2. The number of rotatable bonds is 5. The molecule has 1 aromatic heterocycles. The molecule has 5 rings (SSSR count). The van der Waals surface area contributed by atoms with Crippen LogP contribution in [0, 0.1) is 13.8 Å². The fourth-order valence-corrected chi connectivity index (χ4v) is 4.95. The van der Waals surface area contributed by atoms with Gasteiger partial charge >= 0.3 is 5.91 Å². The molecular weight excluding hydrogens is 466 g/mol. The Kier molecular flexibility index (Phi) is 6.07. The summed E-state index contributed by atoms with van der Waals surface area (Å²) in [6.07, 6.45) is 0. The Morgan fingerprint density at radius 3 is 2.46 bits per heavy atom. The average molecular weight is 496 g/mol. The number of aliphatic hydroxyl groups excluding tert-OH is 1. The molecule has 0 radical (unpaired) electrons. The Morgan fingerprint density at radius 2 is 1.78 bits per heavy atom. The van der Waals surface area contributed by atoms with E-state index in [0.29, 0.717) is 22.4 Å². The third kappa shape index (κ3) is 4.06. The standard InChI is InChI=1S/C30H29N3O4/c1-16(2)20-15-21(18(4)14-24(20)37-5)27(34)25-26(19-9-7-6-8-10-19)33(29(36)28(25)35)30-31-22-12-11-17(3)13-23(22)32-30/h6-16,26,34H,1-5H3,(H,31,32)/b27-25+. The van der Waals surface area contributed by atoms with Crippen molar-refractivity contribution in [1.82, 2.24) is 9.97 Å². The maximum absolute atomic E-state index is 13.5. The van der Waals surface area contributed by atoms with Gasteiger partial charge in [0.1, 0.15) is 11.5 Å². The summed E-state index contributed by atoms with van der Waals surface area (Å²) in [5, 5.41) is 11.6. The second-order valence-electron chi connectivity index (χ2n) is 9.72. The number of ketones is 1. The van der Waals surface area contributed by atoms with Gasteiger partial charge in [0.25, 0.3) is 5.78 Å². The number of aromatic amines is 1. The van der Waals surface area contributed by atoms with Crippen LogP contribution >= 0.6 is 0 Å². The van der Waals surface area contributed by atoms with E-state index in [2.05, 4.69) is 9.97 Å². The number of carbonyl (C=O) groups excluding carboxylic acids is 2. The van der Waals surface area contributed by atoms with E-state index in [1.54, 1.807) is 7.11 Å². The molecule has 1 amide bonds. The number of benzene rings is 3. The number of carbonyl (C=O) groups is 2. The van der Waals surface area contributed by atoms with Crippen LogP contribution in [-0.2, 0) is 9.59 Å². The zero-order chi connectivity index (χ0) is 26.4. The summed E-state index contributed by atoms with van der Waals surface area (Å²) in [5.74, 6) is -0.644. The number of anilines is 1. The number of hydrogen-bond donors (Lipinski definition) is 2. The molecule has 1 aliphatic rings. The van der Waals surface area contributed by atoms with Gasteiger partial charge in [0, 0.05) is 5.56 Å². The number of hydrogen-bond acceptors (Lipinski definition) is 5. The zero-order valence-electron chi connectivity index (χ0n) is 21.5. The van der Waals surface area contributed by atoms with Gasteiger partial charge in [-0.1, -0.05) is 50.2 Å². The Hall–Kier alpha value is -4.39. The molecule has 3 aromatic carbocycles. The van der Waals surface area contributed by atoms with Crippen molar-refractivity contribution in [1.29, 1.82) is 0 Å². The Bertz CT molecular complexity index is 1570. The van der Waals surface area contributed by atoms with E-state index in [1.807, 2.05) is 88.4 Å². The van der Waals surface area contributed by atoms with Crippen LogP contribution in [0.3, 0.4) is 0 Å². The highest BCUT2D eigenvalue weighted by atomic mass is 16.5. The number of Topliss-reactive ketones (excluding diaryl/α,β-unsaturated/α-hetero) is 1. The molecule has 2 heterocycles. The van der Waals surface area contributed by atoms with Crippen LogP contribution in [0.5, 0.6) is 5.75 Å². The fraction of sp³-hybridized carbons (Fsp3) is 0.233. The summed E-state index contributed by atoms with van der Waals surface area (Å²) in [5.41, 5.74) is 5.32. The summed E-state index contributed by atoms with van der Waals surface area (Å²) >= 11 is 0. The molecule has 37 heavy (non-hydrogen) atoms. The van der Waals surface area contributed by atoms with E-state index in [0.717, 1.165) is 22.2 Å². The lowest BCUT2D eigenvalue weighted by Crippen LogP contribution is -2.30. The van der Waals surface area contributed by atoms with Crippen LogP contribution < -0.4 is 9.64 Å². The molecule has 1 atom stereocenters. The predicted molar refractivity (Wildman–Crippen MR) is 144 cm³/mol. The van der Waals surface area contributed by atoms with E-state index in [4.69, 9.17) is 4.74 Å². The lowest BCUT2D eigenvalue weighted by atomic mass is 9.91. The van der Waals surface area contributed by atoms with Crippen molar-refractivity contribution < 1.29 is 19.4 Å². The second kappa shape index (κ2) is 9.24. The second-order valence-corrected chi connectivity index (χ2v) is 9.72. The van der Waals surface area contributed by atoms with Gasteiger partial charge in [-0.05, 0) is 66.3 Å². The zero-order valence-corrected chi connectivity index (χ0v) is 21.5. The first-order valence-corrected chi connectivity index (χ1v) is 12.2. The van der Waals surface area contributed by atoms with Crippen molar-refractivity contribution in [3.63, 3.8) is 0 Å². The van der Waals surface area contributed by atoms with Gasteiger partial charge in [-0.2, -0.15) is 0 Å². The highest BCUT2D eigenvalue weighted by Gasteiger charge is 2.48. The number of aromatic nitrogens is 2. The third-order valence-electron chi connectivity index (χ3n) is 6.87. The average Bonchev–Trinajstić information content (AvgIpc) is 3.41. The Labute approximate surface area is 215 Å². The van der Waals surface area contributed by atoms with Crippen LogP contribution in [0.4, 0.5) is 5.95 Å². The van der Waals surface area contributed by atoms with Crippen molar-refractivity contribution >= 4 is 34.4 Å². The molecule has 0 aliphatic carbocycles. The monoisotopic (exact) mass is 495 g/mol. The molecule has 1 fully saturated rings. The molecule has 1 saturated heterocycles. The van der Waals surface area contributed by atoms with Crippen LogP contribution in [-0.4, -0.2) is 33.9 Å². The van der Waals surface area contributed by atoms with Gasteiger partial charge in [0.05, 0.1) is 29.8 Å². The summed E-state index contributed by atoms with van der Waals surface area (Å²) in [7, 11) is 1.61. The largest absolute Gasteiger partial charge is 0.507 e. The SMILES string of the molecule is COc1cc(C)c(/C(O)=C2\C(=O)C(=O)N(c3nc4ccc(C)cc4[nH]3)C2c2ccccc2)cc1C(C)C. The van der Waals surface area contributed by atoms with E-state index in [9.17, 15) is 14.7 Å². The first-order chi connectivity index (χ1) is 17.7. The predicted octanol–water partition coefficient (Wildman–Crippen LogP) is 5.94. The highest BCUT2D eigenvalue weighted by molar-refractivity contribution is 6.51. The van der Waals surface area contributed by atoms with Gasteiger partial charge in [-0.25, -0.2) is 4.98 Å². The summed E-state index contributed by atoms with van der Waals surface area (Å²) < 4.78 is 5.55. The van der Waals surface area contributed by atoms with Crippen molar-refractivity contribution in [3.05, 3.63) is 94.1 Å². The molecule has 0 saturated carbocycles. The molecule has 1 aliphatic heterocycles. The quantitative estimate of drug-likeness (QED) is 0.203. The molecule has 188 valence electrons. The van der Waals surface area contributed by atoms with Crippen LogP contribution in [0.15, 0.2) is 66.2 Å². The number of imidazole rings is 1. The number of fused-ring (bicyclic) bond motifs is 1. The first kappa shape index (κ1) is 24.3. The van der Waals surface area contributed by atoms with Crippen LogP contribution in [0.2, 0.25) is 0 Å². The van der Waals surface area contributed by atoms with Gasteiger partial charge < -0.3 is 14.8 Å². The lowest BCUT2D eigenvalue weighted by molar-refractivity contribution is -0.132. The number of aliphatic hydroxyl groups is 1. The van der Waals surface area contributed by atoms with Crippen LogP contribution in [0.1, 0.15) is 53.6 Å². The smallest absolute Gasteiger partial charge is 0.302 e. The van der Waals surface area contributed by atoms with Gasteiger partial charge in [-0.15, -0.1) is 0 Å². The van der Waals surface area contributed by atoms with Crippen LogP contribution in [0.25, 0.3) is 16.8 Å². The lowest BCUT2D eigenvalue weighted by Gasteiger charge is -2.23. The number of methoxy groups -OCH3 is 1. The minimum atomic E-state index is -0.855. The molecular formula is C30H29N3O4. The van der Waals surface area contributed by atoms with E-state index in [1.165, 1.54) is 4.90 Å². The Morgan fingerprint density at radius 1 is 1.05 bits per heavy atom. The Balaban J connectivity index is 1.74. The van der Waals surface area contributed by atoms with Gasteiger partial charge in [-0.3, -0.25) is 14.5 Å². The molecule has 1 unspecified atom stereocenters. The topological polar surface area (TPSA) is 95.5 Å². The van der Waals surface area contributed by atoms with E-state index < -0.39 is 17.7 Å². The molecule has 2 N–H and O–H groups in total. The number of aryl methyl sites for hydroxylation is 2. The minimum Gasteiger partial charge on any atom is -0.507 e. The van der Waals surface area contributed by atoms with Crippen molar-refractivity contribution in [3.8, 4) is 5.75 Å². The number of nitrogens with one attached hydrogen (secondary N) is 1. The third-order valence-corrected chi connectivity index (χ3v) is 6.87. The first-order valence-electron chi connectivity index (χ1n) is 12.2. The van der Waals surface area contributed by atoms with E-state index >= 15 is 0 Å². The fourth-order valence-electron chi connectivity index (χ4n) is 4.95. The summed E-state index contributed by atoms with van der Waals surface area (Å²) in [6, 6.07) is 17.8. The molecule has 4 aromatic rings. The van der Waals surface area contributed by atoms with Crippen molar-refractivity contribution in [2.75, 3.05) is 12.0 Å². The number of H-pyrrole nitrogens is 1. The highest BCUT2D eigenvalue weighted by Crippen LogP contribution is 2.43. The molecule has 0 bridgehead atoms. The number of nitrogens with zero attached hydrogens (tertiary/aromatic N) is 2. The maximum atomic E-state index is 13.5. The van der Waals surface area contributed by atoms with Crippen molar-refractivity contribution in [2.45, 2.75) is 39.7 Å². The number of ether oxygens (including phenoxy) is 1. The van der Waals surface area contributed by atoms with Crippen molar-refractivity contribution in [2.24, 2.45) is 0 Å². The summed E-state index contributed by atoms with van der Waals surface area (Å²) in [6.45, 7) is 7.88. The van der Waals surface area contributed by atoms with Gasteiger partial charge in [0.2, 0.25) is 5.95 Å². The summed E-state index contributed by atoms with van der Waals surface area (Å²) in [4.78, 5) is 36.2. The molecule has 0 spiro atoms. The number of amides is 1. The molecule has 7 heteroatoms. The van der Waals surface area contributed by atoms with Gasteiger partial charge in [0.15, 0.2) is 0 Å². The maximum Gasteiger partial charge on any atom is 0.302 e. The minimum absolute atomic E-state index is 0.0239. The molecule has 7 nitrogen and oxygen atoms in total. The van der Waals surface area contributed by atoms with E-state index in [-0.39, 0.29) is 23.2 Å².